The first-order chi connectivity index (χ1) is 8.93. The number of aliphatic hydroxyl groups excluding tert-OH is 1. The minimum Gasteiger partial charge on any atom is -0.393 e. The van der Waals surface area contributed by atoms with Gasteiger partial charge in [-0.05, 0) is 48.0 Å². The Labute approximate surface area is 118 Å². The first kappa shape index (κ1) is 14.6. The Hall–Kier alpha value is -0.820. The summed E-state index contributed by atoms with van der Waals surface area (Å²) in [6.45, 7) is 9.21. The van der Waals surface area contributed by atoms with Gasteiger partial charge in [0.2, 0.25) is 0 Å². The fourth-order valence-electron chi connectivity index (χ4n) is 3.65. The van der Waals surface area contributed by atoms with Gasteiger partial charge in [-0.15, -0.1) is 0 Å². The quantitative estimate of drug-likeness (QED) is 0.854. The van der Waals surface area contributed by atoms with Crippen molar-refractivity contribution in [3.63, 3.8) is 0 Å². The van der Waals surface area contributed by atoms with Crippen LogP contribution in [-0.4, -0.2) is 11.2 Å². The van der Waals surface area contributed by atoms with Gasteiger partial charge in [-0.2, -0.15) is 0 Å². The van der Waals surface area contributed by atoms with Gasteiger partial charge in [0, 0.05) is 0 Å². The average molecular weight is 260 g/mol. The molecule has 0 spiro atoms. The van der Waals surface area contributed by atoms with Crippen LogP contribution in [0.5, 0.6) is 0 Å². The molecule has 0 heterocycles. The molecular weight excluding hydrogens is 232 g/mol. The van der Waals surface area contributed by atoms with E-state index in [2.05, 4.69) is 58.0 Å². The van der Waals surface area contributed by atoms with E-state index in [-0.39, 0.29) is 11.5 Å². The highest BCUT2D eigenvalue weighted by Crippen LogP contribution is 2.44. The molecule has 1 aromatic carbocycles. The van der Waals surface area contributed by atoms with Crippen molar-refractivity contribution in [1.29, 1.82) is 0 Å². The molecule has 0 saturated heterocycles. The van der Waals surface area contributed by atoms with Crippen LogP contribution in [0.15, 0.2) is 30.3 Å². The molecule has 0 bridgehead atoms. The second-order valence-corrected chi connectivity index (χ2v) is 7.08. The molecule has 1 aliphatic rings. The summed E-state index contributed by atoms with van der Waals surface area (Å²) in [4.78, 5) is 0. The number of rotatable bonds is 3. The molecule has 0 aromatic heterocycles. The van der Waals surface area contributed by atoms with E-state index in [4.69, 9.17) is 0 Å². The van der Waals surface area contributed by atoms with Crippen LogP contribution in [0.1, 0.15) is 52.5 Å². The van der Waals surface area contributed by atoms with Gasteiger partial charge in [-0.25, -0.2) is 0 Å². The predicted octanol–water partition coefficient (Wildman–Crippen LogP) is 4.40. The minimum atomic E-state index is -0.148. The van der Waals surface area contributed by atoms with Crippen LogP contribution in [-0.2, 0) is 5.41 Å². The lowest BCUT2D eigenvalue weighted by atomic mass is 9.62. The fourth-order valence-corrected chi connectivity index (χ4v) is 3.65. The highest BCUT2D eigenvalue weighted by atomic mass is 16.3. The molecule has 106 valence electrons. The normalized spacial score (nSPS) is 28.6. The van der Waals surface area contributed by atoms with Gasteiger partial charge in [0.15, 0.2) is 0 Å². The van der Waals surface area contributed by atoms with Crippen molar-refractivity contribution in [2.24, 2.45) is 17.8 Å². The molecule has 0 unspecified atom stereocenters. The van der Waals surface area contributed by atoms with E-state index in [0.29, 0.717) is 5.92 Å². The monoisotopic (exact) mass is 260 g/mol. The molecule has 1 aliphatic carbocycles. The first-order valence-corrected chi connectivity index (χ1v) is 7.66. The lowest BCUT2D eigenvalue weighted by Gasteiger charge is -2.44. The molecule has 1 saturated carbocycles. The second-order valence-electron chi connectivity index (χ2n) is 7.08. The van der Waals surface area contributed by atoms with E-state index >= 15 is 0 Å². The van der Waals surface area contributed by atoms with Crippen LogP contribution in [0, 0.1) is 17.8 Å². The number of aliphatic hydroxyl groups is 1. The van der Waals surface area contributed by atoms with Gasteiger partial charge in [0.05, 0.1) is 6.10 Å². The van der Waals surface area contributed by atoms with Gasteiger partial charge in [-0.3, -0.25) is 0 Å². The van der Waals surface area contributed by atoms with Crippen LogP contribution in [0.4, 0.5) is 0 Å². The average Bonchev–Trinajstić information content (AvgIpc) is 2.39. The van der Waals surface area contributed by atoms with Crippen molar-refractivity contribution in [1.82, 2.24) is 0 Å². The molecule has 0 aliphatic heterocycles. The molecule has 3 atom stereocenters. The van der Waals surface area contributed by atoms with E-state index in [1.165, 1.54) is 12.0 Å². The summed E-state index contributed by atoms with van der Waals surface area (Å²) < 4.78 is 0. The van der Waals surface area contributed by atoms with E-state index in [0.717, 1.165) is 24.7 Å². The molecule has 0 amide bonds. The third kappa shape index (κ3) is 3.02. The summed E-state index contributed by atoms with van der Waals surface area (Å²) in [5, 5.41) is 10.5. The van der Waals surface area contributed by atoms with Crippen LogP contribution in [0.25, 0.3) is 0 Å². The largest absolute Gasteiger partial charge is 0.393 e. The Balaban J connectivity index is 2.22. The molecule has 0 radical (unpaired) electrons. The SMILES string of the molecule is CC(C)[C@@H]1CC[C@@H](O)[C@H](C(C)(C)c2ccccc2)C1. The second kappa shape index (κ2) is 5.66. The highest BCUT2D eigenvalue weighted by Gasteiger charge is 2.40. The molecule has 1 aromatic rings. The lowest BCUT2D eigenvalue weighted by Crippen LogP contribution is -2.42. The van der Waals surface area contributed by atoms with Crippen molar-refractivity contribution in [2.75, 3.05) is 0 Å². The maximum Gasteiger partial charge on any atom is 0.0576 e. The molecule has 1 heteroatoms. The van der Waals surface area contributed by atoms with Crippen LogP contribution >= 0.6 is 0 Å². The third-order valence-electron chi connectivity index (χ3n) is 5.24. The maximum atomic E-state index is 10.5. The molecule has 1 N–H and O–H groups in total. The Bertz CT molecular complexity index is 393. The van der Waals surface area contributed by atoms with Crippen LogP contribution in [0.3, 0.4) is 0 Å². The fraction of sp³-hybridized carbons (Fsp3) is 0.667. The number of benzene rings is 1. The van der Waals surface area contributed by atoms with Crippen LogP contribution < -0.4 is 0 Å². The minimum absolute atomic E-state index is 0.0498. The molecule has 19 heavy (non-hydrogen) atoms. The summed E-state index contributed by atoms with van der Waals surface area (Å²) in [6, 6.07) is 10.7. The van der Waals surface area contributed by atoms with Gasteiger partial charge >= 0.3 is 0 Å². The Morgan fingerprint density at radius 2 is 1.74 bits per heavy atom. The maximum absolute atomic E-state index is 10.5. The summed E-state index contributed by atoms with van der Waals surface area (Å²) in [5.74, 6) is 1.86. The smallest absolute Gasteiger partial charge is 0.0576 e. The van der Waals surface area contributed by atoms with Crippen molar-refractivity contribution in [3.05, 3.63) is 35.9 Å². The Kier molecular flexibility index (Phi) is 4.35. The molecule has 1 fully saturated rings. The Morgan fingerprint density at radius 3 is 2.32 bits per heavy atom. The predicted molar refractivity (Wildman–Crippen MR) is 81.1 cm³/mol. The highest BCUT2D eigenvalue weighted by molar-refractivity contribution is 5.25. The van der Waals surface area contributed by atoms with Gasteiger partial charge in [0.1, 0.15) is 0 Å². The molecular formula is C18H28O. The zero-order valence-corrected chi connectivity index (χ0v) is 12.8. The van der Waals surface area contributed by atoms with E-state index in [1.807, 2.05) is 0 Å². The molecule has 2 rings (SSSR count). The van der Waals surface area contributed by atoms with Crippen molar-refractivity contribution < 1.29 is 5.11 Å². The third-order valence-corrected chi connectivity index (χ3v) is 5.24. The van der Waals surface area contributed by atoms with Gasteiger partial charge < -0.3 is 5.11 Å². The van der Waals surface area contributed by atoms with E-state index in [9.17, 15) is 5.11 Å². The zero-order valence-electron chi connectivity index (χ0n) is 12.8. The first-order valence-electron chi connectivity index (χ1n) is 7.66. The van der Waals surface area contributed by atoms with Gasteiger partial charge in [0.25, 0.3) is 0 Å². The summed E-state index contributed by atoms with van der Waals surface area (Å²) >= 11 is 0. The lowest BCUT2D eigenvalue weighted by molar-refractivity contribution is 0.00350. The van der Waals surface area contributed by atoms with Crippen molar-refractivity contribution >= 4 is 0 Å². The molecule has 1 nitrogen and oxygen atoms in total. The summed E-state index contributed by atoms with van der Waals surface area (Å²) in [6.07, 6.45) is 3.15. The van der Waals surface area contributed by atoms with Crippen LogP contribution in [0.2, 0.25) is 0 Å². The number of hydrogen-bond donors (Lipinski definition) is 1. The van der Waals surface area contributed by atoms with Gasteiger partial charge in [-0.1, -0.05) is 58.0 Å². The van der Waals surface area contributed by atoms with Crippen molar-refractivity contribution in [3.8, 4) is 0 Å². The number of hydrogen-bond acceptors (Lipinski definition) is 1. The van der Waals surface area contributed by atoms with E-state index < -0.39 is 0 Å². The zero-order chi connectivity index (χ0) is 14.0. The topological polar surface area (TPSA) is 20.2 Å². The van der Waals surface area contributed by atoms with E-state index in [1.54, 1.807) is 0 Å². The standard InChI is InChI=1S/C18H28O/c1-13(2)14-10-11-17(19)16(12-14)18(3,4)15-8-6-5-7-9-15/h5-9,13-14,16-17,19H,10-12H2,1-4H3/t14-,16-,17-/m1/s1. The Morgan fingerprint density at radius 1 is 1.11 bits per heavy atom. The summed E-state index contributed by atoms with van der Waals surface area (Å²) in [5.41, 5.74) is 1.40. The summed E-state index contributed by atoms with van der Waals surface area (Å²) in [7, 11) is 0. The van der Waals surface area contributed by atoms with Crippen molar-refractivity contribution in [2.45, 2.75) is 58.5 Å².